The van der Waals surface area contributed by atoms with Gasteiger partial charge in [0.05, 0.1) is 6.61 Å². The summed E-state index contributed by atoms with van der Waals surface area (Å²) in [6.07, 6.45) is -0.530. The van der Waals surface area contributed by atoms with Gasteiger partial charge in [0.1, 0.15) is 17.2 Å². The number of carboxylic acid groups (broad SMARTS) is 1. The molecule has 6 nitrogen and oxygen atoms in total. The fourth-order valence-corrected chi connectivity index (χ4v) is 2.93. The number of carbonyl (C=O) groups is 2. The topological polar surface area (TPSA) is 93.1 Å². The van der Waals surface area contributed by atoms with Crippen molar-refractivity contribution in [3.8, 4) is 17.2 Å². The molecule has 6 heteroatoms. The molecule has 3 rings (SSSR count). The monoisotopic (exact) mass is 420 g/mol. The largest absolute Gasteiger partial charge is 0.494 e. The Morgan fingerprint density at radius 2 is 1.42 bits per heavy atom. The number of ketones is 1. The molecule has 0 radical (unpaired) electrons. The molecule has 0 aliphatic carbocycles. The summed E-state index contributed by atoms with van der Waals surface area (Å²) in [5.41, 5.74) is 1.21. The van der Waals surface area contributed by atoms with E-state index in [2.05, 4.69) is 0 Å². The van der Waals surface area contributed by atoms with Crippen molar-refractivity contribution >= 4 is 11.8 Å². The van der Waals surface area contributed by atoms with Crippen LogP contribution in [0.4, 0.5) is 0 Å². The van der Waals surface area contributed by atoms with E-state index < -0.39 is 12.1 Å². The molecule has 0 spiro atoms. The zero-order valence-corrected chi connectivity index (χ0v) is 16.9. The van der Waals surface area contributed by atoms with Crippen LogP contribution in [0.1, 0.15) is 28.8 Å². The number of aliphatic hydroxyl groups excluding tert-OH is 1. The summed E-state index contributed by atoms with van der Waals surface area (Å²) < 4.78 is 11.4. The highest BCUT2D eigenvalue weighted by molar-refractivity contribution is 5.96. The molecule has 0 aromatic heterocycles. The Morgan fingerprint density at radius 1 is 0.806 bits per heavy atom. The van der Waals surface area contributed by atoms with E-state index in [0.717, 1.165) is 5.75 Å². The fourth-order valence-electron chi connectivity index (χ4n) is 2.93. The lowest BCUT2D eigenvalue weighted by Crippen LogP contribution is -2.21. The molecule has 0 unspecified atom stereocenters. The van der Waals surface area contributed by atoms with Crippen LogP contribution in [0.2, 0.25) is 0 Å². The lowest BCUT2D eigenvalue weighted by atomic mass is 10.0. The molecule has 3 aromatic carbocycles. The van der Waals surface area contributed by atoms with Gasteiger partial charge in [-0.2, -0.15) is 0 Å². The van der Waals surface area contributed by atoms with Crippen LogP contribution in [0.25, 0.3) is 0 Å². The number of hydrogen-bond acceptors (Lipinski definition) is 5. The van der Waals surface area contributed by atoms with Crippen molar-refractivity contribution in [2.45, 2.75) is 25.4 Å². The van der Waals surface area contributed by atoms with Crippen LogP contribution in [0.15, 0.2) is 78.9 Å². The second-order valence-electron chi connectivity index (χ2n) is 7.02. The molecule has 1 atom stereocenters. The van der Waals surface area contributed by atoms with Crippen LogP contribution in [0.3, 0.4) is 0 Å². The van der Waals surface area contributed by atoms with Crippen molar-refractivity contribution in [2.75, 3.05) is 6.61 Å². The van der Waals surface area contributed by atoms with Gasteiger partial charge in [0, 0.05) is 18.4 Å². The van der Waals surface area contributed by atoms with E-state index in [-0.39, 0.29) is 12.2 Å². The number of hydrogen-bond donors (Lipinski definition) is 2. The van der Waals surface area contributed by atoms with Crippen LogP contribution >= 0.6 is 0 Å². The Labute approximate surface area is 180 Å². The van der Waals surface area contributed by atoms with Crippen LogP contribution in [-0.4, -0.2) is 34.7 Å². The van der Waals surface area contributed by atoms with Gasteiger partial charge in [0.25, 0.3) is 0 Å². The van der Waals surface area contributed by atoms with Gasteiger partial charge >= 0.3 is 5.97 Å². The van der Waals surface area contributed by atoms with Gasteiger partial charge in [0.2, 0.25) is 0 Å². The Bertz CT molecular complexity index is 981. The van der Waals surface area contributed by atoms with Crippen LogP contribution < -0.4 is 9.47 Å². The maximum atomic E-state index is 12.3. The molecule has 160 valence electrons. The third-order valence-electron chi connectivity index (χ3n) is 4.61. The maximum absolute atomic E-state index is 12.3. The Morgan fingerprint density at radius 3 is 2.06 bits per heavy atom. The molecule has 0 aliphatic rings. The van der Waals surface area contributed by atoms with Gasteiger partial charge < -0.3 is 19.7 Å². The maximum Gasteiger partial charge on any atom is 0.332 e. The molecular weight excluding hydrogens is 396 g/mol. The number of ether oxygens (including phenoxy) is 2. The smallest absolute Gasteiger partial charge is 0.332 e. The minimum Gasteiger partial charge on any atom is -0.494 e. The second-order valence-corrected chi connectivity index (χ2v) is 7.02. The first-order valence-electron chi connectivity index (χ1n) is 10.00. The second kappa shape index (κ2) is 10.9. The summed E-state index contributed by atoms with van der Waals surface area (Å²) in [5, 5.41) is 18.1. The van der Waals surface area contributed by atoms with Gasteiger partial charge in [-0.25, -0.2) is 4.79 Å². The number of carbonyl (C=O) groups excluding carboxylic acids is 1. The Kier molecular flexibility index (Phi) is 7.79. The number of aliphatic carboxylic acids is 1. The van der Waals surface area contributed by atoms with Crippen molar-refractivity contribution < 1.29 is 29.3 Å². The fraction of sp³-hybridized carbons (Fsp3) is 0.200. The lowest BCUT2D eigenvalue weighted by molar-refractivity contribution is -0.146. The highest BCUT2D eigenvalue weighted by atomic mass is 16.5. The average Bonchev–Trinajstić information content (AvgIpc) is 2.79. The van der Waals surface area contributed by atoms with E-state index in [4.69, 9.17) is 14.6 Å². The zero-order valence-electron chi connectivity index (χ0n) is 16.9. The first-order chi connectivity index (χ1) is 15.0. The number of aliphatic hydroxyl groups is 1. The van der Waals surface area contributed by atoms with Gasteiger partial charge in [-0.1, -0.05) is 42.5 Å². The van der Waals surface area contributed by atoms with Gasteiger partial charge in [-0.3, -0.25) is 4.79 Å². The predicted molar refractivity (Wildman–Crippen MR) is 116 cm³/mol. The first-order valence-corrected chi connectivity index (χ1v) is 10.00. The number of benzene rings is 3. The molecule has 0 amide bonds. The molecule has 0 fully saturated rings. The highest BCUT2D eigenvalue weighted by Crippen LogP contribution is 2.23. The zero-order chi connectivity index (χ0) is 22.1. The third kappa shape index (κ3) is 6.97. The summed E-state index contributed by atoms with van der Waals surface area (Å²) in [4.78, 5) is 23.0. The van der Waals surface area contributed by atoms with Gasteiger partial charge in [-0.05, 0) is 48.4 Å². The summed E-state index contributed by atoms with van der Waals surface area (Å²) >= 11 is 0. The van der Waals surface area contributed by atoms with E-state index in [0.29, 0.717) is 42.1 Å². The lowest BCUT2D eigenvalue weighted by Gasteiger charge is -2.09. The molecule has 0 aliphatic heterocycles. The first kappa shape index (κ1) is 22.1. The van der Waals surface area contributed by atoms with Crippen LogP contribution in [0.5, 0.6) is 17.2 Å². The minimum atomic E-state index is -1.45. The molecule has 3 aromatic rings. The quantitative estimate of drug-likeness (QED) is 0.350. The summed E-state index contributed by atoms with van der Waals surface area (Å²) in [7, 11) is 0. The molecule has 2 N–H and O–H groups in total. The summed E-state index contributed by atoms with van der Waals surface area (Å²) in [6, 6.07) is 23.4. The average molecular weight is 420 g/mol. The summed E-state index contributed by atoms with van der Waals surface area (Å²) in [6.45, 7) is 0.410. The third-order valence-corrected chi connectivity index (χ3v) is 4.61. The standard InChI is InChI=1S/C25H24O6/c26-23(19-10-8-18(9-11-19)17-24(27)25(28)29)7-4-16-30-20-12-14-22(15-13-20)31-21-5-2-1-3-6-21/h1-3,5-6,8-15,24,27H,4,7,16-17H2,(H,28,29)/t24-/m0/s1. The van der Waals surface area contributed by atoms with E-state index in [9.17, 15) is 14.7 Å². The van der Waals surface area contributed by atoms with Crippen molar-refractivity contribution in [3.05, 3.63) is 90.0 Å². The van der Waals surface area contributed by atoms with Crippen molar-refractivity contribution in [2.24, 2.45) is 0 Å². The number of para-hydroxylation sites is 1. The van der Waals surface area contributed by atoms with Crippen molar-refractivity contribution in [1.82, 2.24) is 0 Å². The SMILES string of the molecule is O=C(CCCOc1ccc(Oc2ccccc2)cc1)c1ccc(C[C@H](O)C(=O)O)cc1. The van der Waals surface area contributed by atoms with Crippen LogP contribution in [-0.2, 0) is 11.2 Å². The molecule has 0 saturated carbocycles. The van der Waals surface area contributed by atoms with E-state index in [1.807, 2.05) is 54.6 Å². The van der Waals surface area contributed by atoms with E-state index >= 15 is 0 Å². The molecule has 0 bridgehead atoms. The van der Waals surface area contributed by atoms with Crippen molar-refractivity contribution in [3.63, 3.8) is 0 Å². The number of rotatable bonds is 11. The van der Waals surface area contributed by atoms with E-state index in [1.165, 1.54) is 0 Å². The molecule has 0 saturated heterocycles. The predicted octanol–water partition coefficient (Wildman–Crippen LogP) is 4.51. The molecule has 0 heterocycles. The normalized spacial score (nSPS) is 11.5. The molecular formula is C25H24O6. The van der Waals surface area contributed by atoms with Gasteiger partial charge in [0.15, 0.2) is 11.9 Å². The number of carboxylic acids is 1. The van der Waals surface area contributed by atoms with Gasteiger partial charge in [-0.15, -0.1) is 0 Å². The van der Waals surface area contributed by atoms with Crippen LogP contribution in [0, 0.1) is 0 Å². The Balaban J connectivity index is 1.40. The molecule has 31 heavy (non-hydrogen) atoms. The minimum absolute atomic E-state index is 0.00677. The van der Waals surface area contributed by atoms with Crippen molar-refractivity contribution in [1.29, 1.82) is 0 Å². The Hall–Kier alpha value is -3.64. The summed E-state index contributed by atoms with van der Waals surface area (Å²) in [5.74, 6) is 0.905. The van der Waals surface area contributed by atoms with E-state index in [1.54, 1.807) is 24.3 Å². The number of Topliss-reactive ketones (excluding diaryl/α,β-unsaturated/α-hetero) is 1. The highest BCUT2D eigenvalue weighted by Gasteiger charge is 2.14.